The van der Waals surface area contributed by atoms with Crippen molar-refractivity contribution in [3.05, 3.63) is 87.3 Å². The number of carbonyl (C=O) groups excluding carboxylic acids is 2. The number of esters is 1. The summed E-state index contributed by atoms with van der Waals surface area (Å²) in [5.74, 6) is -1.69. The van der Waals surface area contributed by atoms with Crippen LogP contribution in [0.15, 0.2) is 65.4 Å². The van der Waals surface area contributed by atoms with Gasteiger partial charge in [0, 0.05) is 17.0 Å². The molecule has 0 unspecified atom stereocenters. The molecule has 34 heavy (non-hydrogen) atoms. The van der Waals surface area contributed by atoms with Crippen molar-refractivity contribution in [2.45, 2.75) is 38.1 Å². The average Bonchev–Trinajstić information content (AvgIpc) is 3.01. The summed E-state index contributed by atoms with van der Waals surface area (Å²) < 4.78 is 18.0. The lowest BCUT2D eigenvalue weighted by atomic mass is 9.97. The van der Waals surface area contributed by atoms with E-state index in [1.165, 1.54) is 31.4 Å². The van der Waals surface area contributed by atoms with Gasteiger partial charge in [-0.15, -0.1) is 0 Å². The summed E-state index contributed by atoms with van der Waals surface area (Å²) >= 11 is 5.96. The average molecular weight is 484 g/mol. The second-order valence-electron chi connectivity index (χ2n) is 8.08. The minimum atomic E-state index is -1.01. The van der Waals surface area contributed by atoms with E-state index >= 15 is 0 Å². The van der Waals surface area contributed by atoms with Crippen LogP contribution in [0.3, 0.4) is 0 Å². The highest BCUT2D eigenvalue weighted by atomic mass is 35.5. The zero-order chi connectivity index (χ0) is 24.7. The zero-order valence-electron chi connectivity index (χ0n) is 18.9. The monoisotopic (exact) mass is 483 g/mol. The molecule has 1 saturated carbocycles. The number of allylic oxidation sites excluding steroid dienone is 2. The number of hydrogen-bond donors (Lipinski definition) is 3. The van der Waals surface area contributed by atoms with Crippen molar-refractivity contribution in [2.24, 2.45) is 5.73 Å². The van der Waals surface area contributed by atoms with Crippen LogP contribution in [0.5, 0.6) is 0 Å². The van der Waals surface area contributed by atoms with Gasteiger partial charge in [-0.1, -0.05) is 35.9 Å². The Hall–Kier alpha value is -3.45. The predicted molar refractivity (Wildman–Crippen MR) is 131 cm³/mol. The molecule has 2 aromatic carbocycles. The van der Waals surface area contributed by atoms with E-state index in [1.807, 2.05) is 18.2 Å². The van der Waals surface area contributed by atoms with Crippen molar-refractivity contribution in [3.63, 3.8) is 0 Å². The first kappa shape index (κ1) is 25.2. The van der Waals surface area contributed by atoms with Crippen LogP contribution in [0.2, 0.25) is 5.02 Å². The minimum absolute atomic E-state index is 0.0954. The maximum Gasteiger partial charge on any atom is 0.328 e. The Morgan fingerprint density at radius 1 is 1.15 bits per heavy atom. The molecule has 0 radical (unpaired) electrons. The molecule has 4 N–H and O–H groups in total. The van der Waals surface area contributed by atoms with E-state index in [9.17, 15) is 14.0 Å². The number of carbonyl (C=O) groups is 2. The van der Waals surface area contributed by atoms with Crippen molar-refractivity contribution < 1.29 is 18.7 Å². The number of nitrogens with one attached hydrogen (secondary N) is 2. The molecule has 0 heterocycles. The molecule has 0 saturated heterocycles. The maximum absolute atomic E-state index is 13.2. The molecule has 0 aliphatic heterocycles. The van der Waals surface area contributed by atoms with E-state index in [1.54, 1.807) is 12.1 Å². The lowest BCUT2D eigenvalue weighted by Gasteiger charge is -2.18. The summed E-state index contributed by atoms with van der Waals surface area (Å²) in [5.41, 5.74) is 9.11. The lowest BCUT2D eigenvalue weighted by Crippen LogP contribution is -2.45. The molecule has 1 atom stereocenters. The van der Waals surface area contributed by atoms with Gasteiger partial charge >= 0.3 is 5.97 Å². The fourth-order valence-corrected chi connectivity index (χ4v) is 3.93. The lowest BCUT2D eigenvalue weighted by molar-refractivity contribution is -0.144. The molecule has 178 valence electrons. The standard InChI is InChI=1S/C26H27ClFN3O3/c1-34-26(33)22(15-17-8-12-20(28)13-9-17)31-25(32)24(30)21-5-3-2-4-18(23(21)29)14-16-6-10-19(27)11-7-16/h6-14,22,29H,2-5,15,30H2,1H3,(H,31,32)/b18-14+,24-21-,29-23?/t22-/m1/s1. The first-order chi connectivity index (χ1) is 16.3. The summed E-state index contributed by atoms with van der Waals surface area (Å²) in [6, 6.07) is 11.9. The van der Waals surface area contributed by atoms with E-state index < -0.39 is 23.7 Å². The predicted octanol–water partition coefficient (Wildman–Crippen LogP) is 4.57. The smallest absolute Gasteiger partial charge is 0.328 e. The molecule has 2 aromatic rings. The van der Waals surface area contributed by atoms with Crippen LogP contribution in [0.1, 0.15) is 36.8 Å². The van der Waals surface area contributed by atoms with E-state index in [0.717, 1.165) is 24.0 Å². The van der Waals surface area contributed by atoms with Gasteiger partial charge in [0.25, 0.3) is 5.91 Å². The molecule has 0 spiro atoms. The zero-order valence-corrected chi connectivity index (χ0v) is 19.6. The number of rotatable bonds is 6. The Labute approximate surface area is 203 Å². The quantitative estimate of drug-likeness (QED) is 0.318. The highest BCUT2D eigenvalue weighted by Crippen LogP contribution is 2.27. The highest BCUT2D eigenvalue weighted by Gasteiger charge is 2.26. The summed E-state index contributed by atoms with van der Waals surface area (Å²) in [5, 5.41) is 12.0. The molecule has 6 nitrogen and oxygen atoms in total. The number of halogens is 2. The molecule has 8 heteroatoms. The van der Waals surface area contributed by atoms with Crippen LogP contribution < -0.4 is 11.1 Å². The third kappa shape index (κ3) is 6.54. The Morgan fingerprint density at radius 3 is 2.44 bits per heavy atom. The summed E-state index contributed by atoms with van der Waals surface area (Å²) in [7, 11) is 1.22. The van der Waals surface area contributed by atoms with E-state index in [4.69, 9.17) is 27.5 Å². The third-order valence-electron chi connectivity index (χ3n) is 5.67. The van der Waals surface area contributed by atoms with Gasteiger partial charge in [0.15, 0.2) is 0 Å². The number of ether oxygens (including phenoxy) is 1. The van der Waals surface area contributed by atoms with Gasteiger partial charge in [-0.2, -0.15) is 0 Å². The number of hydrogen-bond acceptors (Lipinski definition) is 5. The fraction of sp³-hybridized carbons (Fsp3) is 0.269. The highest BCUT2D eigenvalue weighted by molar-refractivity contribution is 6.30. The molecule has 1 aliphatic carbocycles. The van der Waals surface area contributed by atoms with Crippen LogP contribution >= 0.6 is 11.6 Å². The van der Waals surface area contributed by atoms with Gasteiger partial charge in [0.2, 0.25) is 0 Å². The summed E-state index contributed by atoms with van der Waals surface area (Å²) in [4.78, 5) is 25.3. The Kier molecular flexibility index (Phi) is 8.60. The van der Waals surface area contributed by atoms with Crippen molar-refractivity contribution in [3.8, 4) is 0 Å². The Balaban J connectivity index is 1.83. The Morgan fingerprint density at radius 2 is 1.79 bits per heavy atom. The first-order valence-corrected chi connectivity index (χ1v) is 11.3. The van der Waals surface area contributed by atoms with Crippen molar-refractivity contribution in [1.29, 1.82) is 5.41 Å². The van der Waals surface area contributed by atoms with Crippen molar-refractivity contribution in [1.82, 2.24) is 5.32 Å². The van der Waals surface area contributed by atoms with Crippen LogP contribution in [0, 0.1) is 11.2 Å². The molecule has 1 fully saturated rings. The van der Waals surface area contributed by atoms with Gasteiger partial charge in [-0.3, -0.25) is 4.79 Å². The maximum atomic E-state index is 13.2. The summed E-state index contributed by atoms with van der Waals surface area (Å²) in [6.45, 7) is 0. The van der Waals surface area contributed by atoms with Crippen molar-refractivity contribution >= 4 is 35.3 Å². The minimum Gasteiger partial charge on any atom is -0.467 e. The molecule has 1 aliphatic rings. The van der Waals surface area contributed by atoms with Gasteiger partial charge in [-0.25, -0.2) is 9.18 Å². The molecule has 0 bridgehead atoms. The van der Waals surface area contributed by atoms with E-state index in [0.29, 0.717) is 29.0 Å². The number of amides is 1. The Bertz CT molecular complexity index is 1120. The van der Waals surface area contributed by atoms with Crippen LogP contribution in [0.4, 0.5) is 4.39 Å². The molecule has 3 rings (SSSR count). The van der Waals surface area contributed by atoms with Gasteiger partial charge in [-0.05, 0) is 72.7 Å². The largest absolute Gasteiger partial charge is 0.467 e. The molecular formula is C26H27ClFN3O3. The molecular weight excluding hydrogens is 457 g/mol. The van der Waals surface area contributed by atoms with Crippen molar-refractivity contribution in [2.75, 3.05) is 7.11 Å². The molecule has 1 amide bonds. The third-order valence-corrected chi connectivity index (χ3v) is 5.92. The van der Waals surface area contributed by atoms with Crippen LogP contribution in [-0.2, 0) is 20.7 Å². The van der Waals surface area contributed by atoms with Crippen LogP contribution in [-0.4, -0.2) is 30.7 Å². The molecule has 0 aromatic heterocycles. The summed E-state index contributed by atoms with van der Waals surface area (Å²) in [6.07, 6.45) is 4.82. The normalized spacial score (nSPS) is 17.6. The van der Waals surface area contributed by atoms with Gasteiger partial charge < -0.3 is 21.2 Å². The number of benzene rings is 2. The fourth-order valence-electron chi connectivity index (χ4n) is 3.80. The van der Waals surface area contributed by atoms with E-state index in [2.05, 4.69) is 5.32 Å². The van der Waals surface area contributed by atoms with Crippen LogP contribution in [0.25, 0.3) is 6.08 Å². The van der Waals surface area contributed by atoms with Gasteiger partial charge in [0.1, 0.15) is 17.6 Å². The second kappa shape index (κ2) is 11.6. The number of nitrogens with two attached hydrogens (primary N) is 1. The second-order valence-corrected chi connectivity index (χ2v) is 8.51. The van der Waals surface area contributed by atoms with E-state index in [-0.39, 0.29) is 17.8 Å². The number of methoxy groups -OCH3 is 1. The topological polar surface area (TPSA) is 105 Å². The SMILES string of the molecule is COC(=O)[C@@H](Cc1ccc(F)cc1)NC(=O)/C(N)=C1\CCCC/C(=C\c2ccc(Cl)cc2)C1=N. The van der Waals surface area contributed by atoms with Gasteiger partial charge in [0.05, 0.1) is 12.8 Å². The first-order valence-electron chi connectivity index (χ1n) is 11.0.